The smallest absolute Gasteiger partial charge is 0.231 e. The van der Waals surface area contributed by atoms with Gasteiger partial charge < -0.3 is 10.6 Å². The summed E-state index contributed by atoms with van der Waals surface area (Å²) < 4.78 is 0. The van der Waals surface area contributed by atoms with E-state index in [-0.39, 0.29) is 17.6 Å². The van der Waals surface area contributed by atoms with Crippen LogP contribution in [0.15, 0.2) is 18.2 Å². The van der Waals surface area contributed by atoms with E-state index in [2.05, 4.69) is 0 Å². The number of nitrogens with two attached hydrogens (primary N) is 1. The highest BCUT2D eigenvalue weighted by molar-refractivity contribution is 6.03. The Hall–Kier alpha value is -1.68. The van der Waals surface area contributed by atoms with Crippen molar-refractivity contribution in [2.45, 2.75) is 19.8 Å². The lowest BCUT2D eigenvalue weighted by atomic mass is 9.98. The second-order valence-corrected chi connectivity index (χ2v) is 4.94. The Kier molecular flexibility index (Phi) is 3.48. The number of fused-ring (bicyclic) bond motifs is 1. The number of benzene rings is 1. The van der Waals surface area contributed by atoms with Gasteiger partial charge in [0.25, 0.3) is 0 Å². The summed E-state index contributed by atoms with van der Waals surface area (Å²) in [6.45, 7) is 2.47. The number of rotatable bonds is 4. The van der Waals surface area contributed by atoms with E-state index < -0.39 is 0 Å². The van der Waals surface area contributed by atoms with Crippen molar-refractivity contribution in [1.29, 1.82) is 0 Å². The van der Waals surface area contributed by atoms with E-state index >= 15 is 0 Å². The van der Waals surface area contributed by atoms with Crippen LogP contribution < -0.4 is 10.6 Å². The van der Waals surface area contributed by atoms with Gasteiger partial charge in [0.05, 0.1) is 6.42 Å². The van der Waals surface area contributed by atoms with Crippen LogP contribution >= 0.6 is 0 Å². The van der Waals surface area contributed by atoms with Crippen molar-refractivity contribution in [3.05, 3.63) is 29.3 Å². The molecule has 1 aromatic rings. The molecule has 1 atom stereocenters. The molecule has 96 valence electrons. The molecule has 0 radical (unpaired) electrons. The van der Waals surface area contributed by atoms with Gasteiger partial charge in [-0.2, -0.15) is 0 Å². The third kappa shape index (κ3) is 2.29. The van der Waals surface area contributed by atoms with E-state index in [9.17, 15) is 9.59 Å². The Morgan fingerprint density at radius 2 is 2.22 bits per heavy atom. The zero-order valence-electron chi connectivity index (χ0n) is 10.8. The largest absolute Gasteiger partial charge is 0.330 e. The molecule has 0 saturated carbocycles. The number of carbonyl (C=O) groups excluding carboxylic acids is 2. The molecule has 2 N–H and O–H groups in total. The van der Waals surface area contributed by atoms with Gasteiger partial charge in [-0.3, -0.25) is 9.59 Å². The third-order valence-electron chi connectivity index (χ3n) is 3.41. The van der Waals surface area contributed by atoms with Gasteiger partial charge in [-0.25, -0.2) is 0 Å². The van der Waals surface area contributed by atoms with Crippen LogP contribution in [-0.2, 0) is 11.2 Å². The fourth-order valence-electron chi connectivity index (χ4n) is 2.16. The van der Waals surface area contributed by atoms with Gasteiger partial charge in [-0.05, 0) is 36.2 Å². The normalized spacial score (nSPS) is 15.7. The minimum absolute atomic E-state index is 0.0740. The van der Waals surface area contributed by atoms with Crippen LogP contribution in [0.4, 0.5) is 5.69 Å². The van der Waals surface area contributed by atoms with Crippen molar-refractivity contribution in [3.8, 4) is 0 Å². The maximum Gasteiger partial charge on any atom is 0.231 e. The number of nitrogens with zero attached hydrogens (tertiary/aromatic N) is 1. The first-order chi connectivity index (χ1) is 8.52. The zero-order chi connectivity index (χ0) is 13.3. The summed E-state index contributed by atoms with van der Waals surface area (Å²) in [4.78, 5) is 25.2. The Morgan fingerprint density at radius 3 is 2.89 bits per heavy atom. The number of anilines is 1. The molecule has 0 saturated heterocycles. The lowest BCUT2D eigenvalue weighted by Gasteiger charge is -2.11. The summed E-state index contributed by atoms with van der Waals surface area (Å²) in [6, 6.07) is 5.47. The van der Waals surface area contributed by atoms with Gasteiger partial charge in [0, 0.05) is 24.7 Å². The Balaban J connectivity index is 2.20. The number of hydrogen-bond donors (Lipinski definition) is 1. The first-order valence-corrected chi connectivity index (χ1v) is 6.15. The van der Waals surface area contributed by atoms with E-state index in [1.54, 1.807) is 18.0 Å². The second kappa shape index (κ2) is 4.90. The molecule has 2 rings (SSSR count). The van der Waals surface area contributed by atoms with Crippen LogP contribution in [0.2, 0.25) is 0 Å². The van der Waals surface area contributed by atoms with E-state index in [0.717, 1.165) is 11.3 Å². The number of likely N-dealkylation sites (N-methyl/N-ethyl adjacent to an activating group) is 1. The summed E-state index contributed by atoms with van der Waals surface area (Å²) >= 11 is 0. The highest BCUT2D eigenvalue weighted by Gasteiger charge is 2.24. The quantitative estimate of drug-likeness (QED) is 0.816. The molecule has 1 aliphatic heterocycles. The zero-order valence-corrected chi connectivity index (χ0v) is 10.8. The number of amides is 1. The van der Waals surface area contributed by atoms with Gasteiger partial charge in [0.2, 0.25) is 5.91 Å². The molecule has 1 heterocycles. The average Bonchev–Trinajstić information content (AvgIpc) is 2.64. The third-order valence-corrected chi connectivity index (χ3v) is 3.41. The second-order valence-electron chi connectivity index (χ2n) is 4.94. The van der Waals surface area contributed by atoms with Crippen molar-refractivity contribution in [2.24, 2.45) is 11.7 Å². The molecule has 0 bridgehead atoms. The lowest BCUT2D eigenvalue weighted by Crippen LogP contribution is -2.20. The molecule has 0 aromatic heterocycles. The van der Waals surface area contributed by atoms with Gasteiger partial charge in [0.15, 0.2) is 5.78 Å². The van der Waals surface area contributed by atoms with E-state index in [1.807, 2.05) is 19.1 Å². The molecule has 4 heteroatoms. The summed E-state index contributed by atoms with van der Waals surface area (Å²) in [6.07, 6.45) is 0.846. The van der Waals surface area contributed by atoms with Crippen LogP contribution in [0, 0.1) is 5.92 Å². The molecule has 1 aliphatic rings. The number of ketones is 1. The molecule has 0 fully saturated rings. The molecular formula is C14H18N2O2. The minimum atomic E-state index is 0.0740. The Bertz CT molecular complexity index is 497. The molecule has 1 unspecified atom stereocenters. The molecule has 1 aromatic carbocycles. The van der Waals surface area contributed by atoms with Crippen molar-refractivity contribution >= 4 is 17.4 Å². The number of carbonyl (C=O) groups is 2. The molecule has 0 aliphatic carbocycles. The van der Waals surface area contributed by atoms with E-state index in [1.165, 1.54) is 0 Å². The lowest BCUT2D eigenvalue weighted by molar-refractivity contribution is -0.117. The predicted molar refractivity (Wildman–Crippen MR) is 70.7 cm³/mol. The minimum Gasteiger partial charge on any atom is -0.330 e. The molecular weight excluding hydrogens is 228 g/mol. The monoisotopic (exact) mass is 246 g/mol. The first kappa shape index (κ1) is 12.8. The van der Waals surface area contributed by atoms with Gasteiger partial charge in [-0.1, -0.05) is 6.92 Å². The summed E-state index contributed by atoms with van der Waals surface area (Å²) in [5.41, 5.74) is 8.04. The average molecular weight is 246 g/mol. The molecule has 1 amide bonds. The van der Waals surface area contributed by atoms with Gasteiger partial charge >= 0.3 is 0 Å². The van der Waals surface area contributed by atoms with Gasteiger partial charge in [-0.15, -0.1) is 0 Å². The standard InChI is InChI=1S/C14H18N2O2/c1-9(8-15)5-13(17)10-3-4-12-11(6-10)7-14(18)16(12)2/h3-4,6,9H,5,7-8,15H2,1-2H3. The Labute approximate surface area is 107 Å². The first-order valence-electron chi connectivity index (χ1n) is 6.15. The number of hydrogen-bond acceptors (Lipinski definition) is 3. The van der Waals surface area contributed by atoms with Crippen LogP contribution in [-0.4, -0.2) is 25.3 Å². The summed E-state index contributed by atoms with van der Waals surface area (Å²) in [5.74, 6) is 0.359. The summed E-state index contributed by atoms with van der Waals surface area (Å²) in [7, 11) is 1.76. The maximum absolute atomic E-state index is 12.0. The molecule has 18 heavy (non-hydrogen) atoms. The predicted octanol–water partition coefficient (Wildman–Crippen LogP) is 1.37. The highest BCUT2D eigenvalue weighted by Crippen LogP contribution is 2.28. The topological polar surface area (TPSA) is 63.4 Å². The van der Waals surface area contributed by atoms with Crippen molar-refractivity contribution in [1.82, 2.24) is 0 Å². The molecule has 4 nitrogen and oxygen atoms in total. The Morgan fingerprint density at radius 1 is 1.50 bits per heavy atom. The van der Waals surface area contributed by atoms with E-state index in [0.29, 0.717) is 24.9 Å². The fraction of sp³-hybridized carbons (Fsp3) is 0.429. The highest BCUT2D eigenvalue weighted by atomic mass is 16.2. The fourth-order valence-corrected chi connectivity index (χ4v) is 2.16. The van der Waals surface area contributed by atoms with Crippen LogP contribution in [0.1, 0.15) is 29.3 Å². The molecule has 0 spiro atoms. The van der Waals surface area contributed by atoms with E-state index in [4.69, 9.17) is 5.73 Å². The van der Waals surface area contributed by atoms with Crippen LogP contribution in [0.25, 0.3) is 0 Å². The summed E-state index contributed by atoms with van der Waals surface area (Å²) in [5, 5.41) is 0. The van der Waals surface area contributed by atoms with Gasteiger partial charge in [0.1, 0.15) is 0 Å². The van der Waals surface area contributed by atoms with Crippen LogP contribution in [0.5, 0.6) is 0 Å². The maximum atomic E-state index is 12.0. The van der Waals surface area contributed by atoms with Crippen molar-refractivity contribution in [2.75, 3.05) is 18.5 Å². The van der Waals surface area contributed by atoms with Crippen molar-refractivity contribution in [3.63, 3.8) is 0 Å². The SMILES string of the molecule is CC(CN)CC(=O)c1ccc2c(c1)CC(=O)N2C. The van der Waals surface area contributed by atoms with Crippen molar-refractivity contribution < 1.29 is 9.59 Å². The van der Waals surface area contributed by atoms with Crippen LogP contribution in [0.3, 0.4) is 0 Å². The number of Topliss-reactive ketones (excluding diaryl/α,β-unsaturated/α-hetero) is 1.